The van der Waals surface area contributed by atoms with Crippen LogP contribution >= 0.6 is 0 Å². The molecule has 0 heterocycles. The van der Waals surface area contributed by atoms with Crippen molar-refractivity contribution in [3.05, 3.63) is 28.8 Å². The molecule has 1 saturated carbocycles. The summed E-state index contributed by atoms with van der Waals surface area (Å²) in [6.07, 6.45) is 4.44. The van der Waals surface area contributed by atoms with Crippen LogP contribution in [0.1, 0.15) is 48.4 Å². The van der Waals surface area contributed by atoms with Gasteiger partial charge < -0.3 is 15.2 Å². The van der Waals surface area contributed by atoms with Crippen molar-refractivity contribution in [3.63, 3.8) is 0 Å². The number of ether oxygens (including phenoxy) is 2. The standard InChI is InChI=1S/C16H25NO2/c1-11-7-8-13(14(18-3)12(11)2)15(17)16(19-4)9-5-6-10-16/h7-8,15H,5-6,9-10,17H2,1-4H3. The number of benzene rings is 1. The molecule has 1 aromatic carbocycles. The Morgan fingerprint density at radius 3 is 2.32 bits per heavy atom. The lowest BCUT2D eigenvalue weighted by Gasteiger charge is -2.35. The Hall–Kier alpha value is -1.06. The lowest BCUT2D eigenvalue weighted by Crippen LogP contribution is -2.40. The van der Waals surface area contributed by atoms with E-state index in [0.29, 0.717) is 0 Å². The highest BCUT2D eigenvalue weighted by Gasteiger charge is 2.41. The molecule has 2 N–H and O–H groups in total. The van der Waals surface area contributed by atoms with E-state index in [4.69, 9.17) is 15.2 Å². The summed E-state index contributed by atoms with van der Waals surface area (Å²) >= 11 is 0. The van der Waals surface area contributed by atoms with Gasteiger partial charge in [-0.1, -0.05) is 25.0 Å². The Morgan fingerprint density at radius 1 is 1.16 bits per heavy atom. The van der Waals surface area contributed by atoms with Crippen LogP contribution < -0.4 is 10.5 Å². The normalized spacial score (nSPS) is 19.4. The highest BCUT2D eigenvalue weighted by Crippen LogP contribution is 2.44. The molecule has 0 aliphatic heterocycles. The van der Waals surface area contributed by atoms with Gasteiger partial charge in [-0.05, 0) is 37.8 Å². The van der Waals surface area contributed by atoms with Gasteiger partial charge in [0.1, 0.15) is 5.75 Å². The number of aryl methyl sites for hydroxylation is 1. The first-order chi connectivity index (χ1) is 9.05. The van der Waals surface area contributed by atoms with Gasteiger partial charge in [0.25, 0.3) is 0 Å². The summed E-state index contributed by atoms with van der Waals surface area (Å²) in [5.41, 5.74) is 9.77. The maximum Gasteiger partial charge on any atom is 0.126 e. The Morgan fingerprint density at radius 2 is 1.79 bits per heavy atom. The molecule has 106 valence electrons. The second kappa shape index (κ2) is 5.51. The highest BCUT2D eigenvalue weighted by atomic mass is 16.5. The fraction of sp³-hybridized carbons (Fsp3) is 0.625. The number of rotatable bonds is 4. The molecule has 1 aliphatic rings. The summed E-state index contributed by atoms with van der Waals surface area (Å²) < 4.78 is 11.4. The summed E-state index contributed by atoms with van der Waals surface area (Å²) in [7, 11) is 3.49. The first-order valence-electron chi connectivity index (χ1n) is 7.00. The van der Waals surface area contributed by atoms with Crippen molar-refractivity contribution in [1.82, 2.24) is 0 Å². The lowest BCUT2D eigenvalue weighted by atomic mass is 9.85. The minimum absolute atomic E-state index is 0.130. The topological polar surface area (TPSA) is 44.5 Å². The maximum absolute atomic E-state index is 6.54. The Kier molecular flexibility index (Phi) is 4.16. The molecule has 1 aromatic rings. The predicted octanol–water partition coefficient (Wildman–Crippen LogP) is 3.27. The van der Waals surface area contributed by atoms with Crippen LogP contribution in [0.2, 0.25) is 0 Å². The van der Waals surface area contributed by atoms with Crippen molar-refractivity contribution in [1.29, 1.82) is 0 Å². The van der Waals surface area contributed by atoms with Crippen LogP contribution in [-0.4, -0.2) is 19.8 Å². The minimum Gasteiger partial charge on any atom is -0.496 e. The van der Waals surface area contributed by atoms with Crippen LogP contribution in [0.15, 0.2) is 12.1 Å². The zero-order valence-electron chi connectivity index (χ0n) is 12.5. The van der Waals surface area contributed by atoms with E-state index >= 15 is 0 Å². The van der Waals surface area contributed by atoms with Crippen molar-refractivity contribution < 1.29 is 9.47 Å². The van der Waals surface area contributed by atoms with Gasteiger partial charge in [-0.2, -0.15) is 0 Å². The third-order valence-electron chi connectivity index (χ3n) is 4.67. The van der Waals surface area contributed by atoms with Crippen LogP contribution in [0.4, 0.5) is 0 Å². The molecule has 3 heteroatoms. The molecule has 3 nitrogen and oxygen atoms in total. The number of methoxy groups -OCH3 is 2. The van der Waals surface area contributed by atoms with E-state index < -0.39 is 0 Å². The van der Waals surface area contributed by atoms with Crippen molar-refractivity contribution in [2.45, 2.75) is 51.2 Å². The van der Waals surface area contributed by atoms with Gasteiger partial charge in [0.15, 0.2) is 0 Å². The van der Waals surface area contributed by atoms with Crippen molar-refractivity contribution in [3.8, 4) is 5.75 Å². The molecule has 0 bridgehead atoms. The van der Waals surface area contributed by atoms with Gasteiger partial charge in [0.2, 0.25) is 0 Å². The summed E-state index contributed by atoms with van der Waals surface area (Å²) in [6.45, 7) is 4.17. The minimum atomic E-state index is -0.227. The van der Waals surface area contributed by atoms with E-state index in [1.807, 2.05) is 0 Å². The molecule has 19 heavy (non-hydrogen) atoms. The van der Waals surface area contributed by atoms with Crippen molar-refractivity contribution >= 4 is 0 Å². The zero-order chi connectivity index (χ0) is 14.0. The molecule has 2 rings (SSSR count). The van der Waals surface area contributed by atoms with E-state index in [0.717, 1.165) is 24.2 Å². The fourth-order valence-electron chi connectivity index (χ4n) is 3.23. The fourth-order valence-corrected chi connectivity index (χ4v) is 3.23. The maximum atomic E-state index is 6.54. The number of hydrogen-bond acceptors (Lipinski definition) is 3. The van der Waals surface area contributed by atoms with Gasteiger partial charge in [-0.15, -0.1) is 0 Å². The van der Waals surface area contributed by atoms with Gasteiger partial charge >= 0.3 is 0 Å². The van der Waals surface area contributed by atoms with E-state index in [9.17, 15) is 0 Å². The smallest absolute Gasteiger partial charge is 0.126 e. The Bertz CT molecular complexity index is 450. The monoisotopic (exact) mass is 263 g/mol. The zero-order valence-corrected chi connectivity index (χ0v) is 12.5. The van der Waals surface area contributed by atoms with Crippen LogP contribution in [0.25, 0.3) is 0 Å². The van der Waals surface area contributed by atoms with E-state index in [1.165, 1.54) is 24.0 Å². The molecule has 1 unspecified atom stereocenters. The van der Waals surface area contributed by atoms with Crippen LogP contribution in [0, 0.1) is 13.8 Å². The summed E-state index contributed by atoms with van der Waals surface area (Å²) in [5.74, 6) is 0.913. The second-order valence-electron chi connectivity index (χ2n) is 5.58. The molecule has 1 fully saturated rings. The van der Waals surface area contributed by atoms with Gasteiger partial charge in [0, 0.05) is 12.7 Å². The third-order valence-corrected chi connectivity index (χ3v) is 4.67. The molecule has 1 atom stereocenters. The van der Waals surface area contributed by atoms with Gasteiger partial charge in [0.05, 0.1) is 18.8 Å². The van der Waals surface area contributed by atoms with E-state index in [2.05, 4.69) is 26.0 Å². The number of hydrogen-bond donors (Lipinski definition) is 1. The third kappa shape index (κ3) is 2.37. The summed E-state index contributed by atoms with van der Waals surface area (Å²) in [4.78, 5) is 0. The van der Waals surface area contributed by atoms with Crippen LogP contribution in [-0.2, 0) is 4.74 Å². The molecular weight excluding hydrogens is 238 g/mol. The van der Waals surface area contributed by atoms with Gasteiger partial charge in [-0.25, -0.2) is 0 Å². The summed E-state index contributed by atoms with van der Waals surface area (Å²) in [5, 5.41) is 0. The highest BCUT2D eigenvalue weighted by molar-refractivity contribution is 5.47. The first-order valence-corrected chi connectivity index (χ1v) is 7.00. The first kappa shape index (κ1) is 14.4. The average Bonchev–Trinajstić information content (AvgIpc) is 2.91. The molecule has 1 aliphatic carbocycles. The molecule has 0 amide bonds. The van der Waals surface area contributed by atoms with E-state index in [1.54, 1.807) is 14.2 Å². The van der Waals surface area contributed by atoms with Crippen molar-refractivity contribution in [2.24, 2.45) is 5.73 Å². The second-order valence-corrected chi connectivity index (χ2v) is 5.58. The molecule has 0 spiro atoms. The summed E-state index contributed by atoms with van der Waals surface area (Å²) in [6, 6.07) is 4.07. The SMILES string of the molecule is COc1c(C(N)C2(OC)CCCC2)ccc(C)c1C. The molecule has 0 aromatic heterocycles. The average molecular weight is 263 g/mol. The Balaban J connectivity index is 2.43. The Labute approximate surface area is 116 Å². The van der Waals surface area contributed by atoms with Crippen molar-refractivity contribution in [2.75, 3.05) is 14.2 Å². The predicted molar refractivity (Wildman–Crippen MR) is 77.6 cm³/mol. The van der Waals surface area contributed by atoms with E-state index in [-0.39, 0.29) is 11.6 Å². The number of nitrogens with two attached hydrogens (primary N) is 1. The largest absolute Gasteiger partial charge is 0.496 e. The van der Waals surface area contributed by atoms with Crippen LogP contribution in [0.5, 0.6) is 5.75 Å². The molecule has 0 saturated heterocycles. The van der Waals surface area contributed by atoms with Crippen LogP contribution in [0.3, 0.4) is 0 Å². The molecule has 0 radical (unpaired) electrons. The quantitative estimate of drug-likeness (QED) is 0.906. The molecular formula is C16H25NO2. The van der Waals surface area contributed by atoms with Gasteiger partial charge in [-0.3, -0.25) is 0 Å². The lowest BCUT2D eigenvalue weighted by molar-refractivity contribution is -0.0269.